The third-order valence-electron chi connectivity index (χ3n) is 6.26. The lowest BCUT2D eigenvalue weighted by atomic mass is 9.93. The number of hydrogen-bond acceptors (Lipinski definition) is 6. The lowest BCUT2D eigenvalue weighted by molar-refractivity contribution is -0.136. The van der Waals surface area contributed by atoms with Crippen LogP contribution in [0.5, 0.6) is 0 Å². The summed E-state index contributed by atoms with van der Waals surface area (Å²) in [5, 5.41) is 5.30. The Hall–Kier alpha value is -2.81. The van der Waals surface area contributed by atoms with Gasteiger partial charge < -0.3 is 10.2 Å². The zero-order valence-corrected chi connectivity index (χ0v) is 16.9. The van der Waals surface area contributed by atoms with Crippen LogP contribution >= 0.6 is 0 Å². The van der Waals surface area contributed by atoms with Crippen molar-refractivity contribution in [3.8, 4) is 0 Å². The summed E-state index contributed by atoms with van der Waals surface area (Å²) in [6.45, 7) is 2.32. The Kier molecular flexibility index (Phi) is 5.55. The van der Waals surface area contributed by atoms with E-state index >= 15 is 0 Å². The molecule has 0 bridgehead atoms. The number of nitrogens with one attached hydrogen (secondary N) is 2. The highest BCUT2D eigenvalue weighted by molar-refractivity contribution is 6.23. The number of carbonyl (C=O) groups excluding carboxylic acids is 4. The number of nitrogens with zero attached hydrogens (tertiary/aromatic N) is 2. The summed E-state index contributed by atoms with van der Waals surface area (Å²) in [5.41, 5.74) is 0.389. The second kappa shape index (κ2) is 8.14. The first-order chi connectivity index (χ1) is 14.4. The van der Waals surface area contributed by atoms with Crippen molar-refractivity contribution < 1.29 is 23.6 Å². The van der Waals surface area contributed by atoms with Gasteiger partial charge in [-0.25, -0.2) is 4.39 Å². The van der Waals surface area contributed by atoms with Gasteiger partial charge in [0.2, 0.25) is 11.8 Å². The molecular formula is C21H25FN4O4. The van der Waals surface area contributed by atoms with E-state index in [9.17, 15) is 23.6 Å². The average Bonchev–Trinajstić information content (AvgIpc) is 2.96. The van der Waals surface area contributed by atoms with Gasteiger partial charge in [-0.3, -0.25) is 29.4 Å². The van der Waals surface area contributed by atoms with Gasteiger partial charge >= 0.3 is 0 Å². The van der Waals surface area contributed by atoms with Crippen molar-refractivity contribution in [2.24, 2.45) is 5.92 Å². The van der Waals surface area contributed by atoms with Gasteiger partial charge in [0, 0.05) is 19.5 Å². The van der Waals surface area contributed by atoms with Gasteiger partial charge in [0.1, 0.15) is 11.9 Å². The summed E-state index contributed by atoms with van der Waals surface area (Å²) < 4.78 is 14.9. The van der Waals surface area contributed by atoms with E-state index in [1.165, 1.54) is 6.07 Å². The molecule has 0 aromatic heterocycles. The molecule has 4 amide bonds. The maximum Gasteiger partial charge on any atom is 0.262 e. The van der Waals surface area contributed by atoms with Crippen LogP contribution in [0.4, 0.5) is 10.1 Å². The number of rotatable bonds is 5. The number of fused-ring (bicyclic) bond motifs is 1. The SMILES string of the molecule is CNCCC1CCN(c2cc3c(cc2F)C(=O)N(C2CCC(=O)NC2=O)C3=O)CC1. The van der Waals surface area contributed by atoms with Gasteiger partial charge in [0.15, 0.2) is 0 Å². The van der Waals surface area contributed by atoms with Crippen LogP contribution < -0.4 is 15.5 Å². The number of benzene rings is 1. The number of halogens is 1. The lowest BCUT2D eigenvalue weighted by Gasteiger charge is -2.34. The van der Waals surface area contributed by atoms with Crippen molar-refractivity contribution in [1.82, 2.24) is 15.5 Å². The molecule has 8 nitrogen and oxygen atoms in total. The molecule has 0 saturated carbocycles. The largest absolute Gasteiger partial charge is 0.369 e. The third-order valence-corrected chi connectivity index (χ3v) is 6.26. The van der Waals surface area contributed by atoms with E-state index in [4.69, 9.17) is 0 Å². The number of piperidine rings is 2. The van der Waals surface area contributed by atoms with Crippen molar-refractivity contribution in [2.75, 3.05) is 31.6 Å². The van der Waals surface area contributed by atoms with Crippen molar-refractivity contribution in [3.63, 3.8) is 0 Å². The van der Waals surface area contributed by atoms with Crippen LogP contribution in [0.25, 0.3) is 0 Å². The van der Waals surface area contributed by atoms with Crippen LogP contribution in [-0.2, 0) is 9.59 Å². The second-order valence-corrected chi connectivity index (χ2v) is 8.12. The fraction of sp³-hybridized carbons (Fsp3) is 0.524. The van der Waals surface area contributed by atoms with E-state index in [2.05, 4.69) is 10.6 Å². The van der Waals surface area contributed by atoms with Gasteiger partial charge in [-0.1, -0.05) is 0 Å². The molecule has 9 heteroatoms. The van der Waals surface area contributed by atoms with Gasteiger partial charge in [0.25, 0.3) is 11.8 Å². The standard InChI is InChI=1S/C21H25FN4O4/c1-23-7-4-12-5-8-25(9-6-12)17-11-14-13(10-15(17)22)20(29)26(21(14)30)16-2-3-18(27)24-19(16)28/h10-12,16,23H,2-9H2,1H3,(H,24,27,28). The van der Waals surface area contributed by atoms with E-state index < -0.39 is 35.5 Å². The molecule has 1 unspecified atom stereocenters. The van der Waals surface area contributed by atoms with Crippen molar-refractivity contribution >= 4 is 29.3 Å². The summed E-state index contributed by atoms with van der Waals surface area (Å²) in [4.78, 5) is 52.0. The Morgan fingerprint density at radius 3 is 2.37 bits per heavy atom. The molecule has 3 aliphatic heterocycles. The summed E-state index contributed by atoms with van der Waals surface area (Å²) in [6, 6.07) is 1.48. The van der Waals surface area contributed by atoms with Crippen LogP contribution in [0.15, 0.2) is 12.1 Å². The molecule has 0 radical (unpaired) electrons. The number of anilines is 1. The molecule has 1 atom stereocenters. The third kappa shape index (κ3) is 3.58. The fourth-order valence-corrected chi connectivity index (χ4v) is 4.53. The van der Waals surface area contributed by atoms with E-state index in [-0.39, 0.29) is 24.0 Å². The van der Waals surface area contributed by atoms with E-state index in [0.717, 1.165) is 36.8 Å². The first kappa shape index (κ1) is 20.5. The number of hydrogen-bond donors (Lipinski definition) is 2. The number of carbonyl (C=O) groups is 4. The van der Waals surface area contributed by atoms with E-state index in [1.807, 2.05) is 11.9 Å². The van der Waals surface area contributed by atoms with Crippen LogP contribution in [-0.4, -0.2) is 61.3 Å². The molecule has 2 saturated heterocycles. The maximum absolute atomic E-state index is 14.9. The van der Waals surface area contributed by atoms with Crippen molar-refractivity contribution in [3.05, 3.63) is 29.1 Å². The predicted molar refractivity (Wildman–Crippen MR) is 107 cm³/mol. The summed E-state index contributed by atoms with van der Waals surface area (Å²) in [5.74, 6) is -2.38. The highest BCUT2D eigenvalue weighted by atomic mass is 19.1. The summed E-state index contributed by atoms with van der Waals surface area (Å²) >= 11 is 0. The van der Waals surface area contributed by atoms with E-state index in [1.54, 1.807) is 0 Å². The molecule has 30 heavy (non-hydrogen) atoms. The Morgan fingerprint density at radius 2 is 1.73 bits per heavy atom. The zero-order valence-electron chi connectivity index (χ0n) is 16.9. The smallest absolute Gasteiger partial charge is 0.262 e. The van der Waals surface area contributed by atoms with Gasteiger partial charge in [-0.2, -0.15) is 0 Å². The quantitative estimate of drug-likeness (QED) is 0.697. The fourth-order valence-electron chi connectivity index (χ4n) is 4.53. The minimum Gasteiger partial charge on any atom is -0.369 e. The zero-order chi connectivity index (χ0) is 21.4. The van der Waals surface area contributed by atoms with Gasteiger partial charge in [0.05, 0.1) is 16.8 Å². The van der Waals surface area contributed by atoms with Crippen LogP contribution in [0.2, 0.25) is 0 Å². The predicted octanol–water partition coefficient (Wildman–Crippen LogP) is 1.05. The van der Waals surface area contributed by atoms with Crippen LogP contribution in [0.3, 0.4) is 0 Å². The first-order valence-electron chi connectivity index (χ1n) is 10.4. The van der Waals surface area contributed by atoms with E-state index in [0.29, 0.717) is 24.7 Å². The highest BCUT2D eigenvalue weighted by Gasteiger charge is 2.45. The number of amides is 4. The second-order valence-electron chi connectivity index (χ2n) is 8.12. The molecule has 3 aliphatic rings. The highest BCUT2D eigenvalue weighted by Crippen LogP contribution is 2.34. The molecule has 3 heterocycles. The van der Waals surface area contributed by atoms with Crippen LogP contribution in [0.1, 0.15) is 52.8 Å². The Labute approximate surface area is 173 Å². The molecule has 2 fully saturated rings. The van der Waals surface area contributed by atoms with Crippen LogP contribution in [0, 0.1) is 11.7 Å². The molecule has 0 spiro atoms. The normalized spacial score (nSPS) is 22.5. The minimum absolute atomic E-state index is 0.0325. The molecule has 1 aromatic rings. The molecule has 160 valence electrons. The maximum atomic E-state index is 14.9. The van der Waals surface area contributed by atoms with Crippen molar-refractivity contribution in [1.29, 1.82) is 0 Å². The molecule has 4 rings (SSSR count). The van der Waals surface area contributed by atoms with Gasteiger partial charge in [-0.05, 0) is 57.3 Å². The first-order valence-corrected chi connectivity index (χ1v) is 10.4. The Bertz CT molecular complexity index is 911. The molecule has 0 aliphatic carbocycles. The summed E-state index contributed by atoms with van der Waals surface area (Å²) in [7, 11) is 1.92. The van der Waals surface area contributed by atoms with Crippen molar-refractivity contribution in [2.45, 2.75) is 38.1 Å². The average molecular weight is 416 g/mol. The molecular weight excluding hydrogens is 391 g/mol. The molecule has 2 N–H and O–H groups in total. The minimum atomic E-state index is -1.05. The van der Waals surface area contributed by atoms with Gasteiger partial charge in [-0.15, -0.1) is 0 Å². The Morgan fingerprint density at radius 1 is 1.07 bits per heavy atom. The summed E-state index contributed by atoms with van der Waals surface area (Å²) in [6.07, 6.45) is 3.07. The number of imide groups is 2. The lowest BCUT2D eigenvalue weighted by Crippen LogP contribution is -2.54. The monoisotopic (exact) mass is 416 g/mol. The Balaban J connectivity index is 1.54. The molecule has 1 aromatic carbocycles. The topological polar surface area (TPSA) is 98.8 Å².